The summed E-state index contributed by atoms with van der Waals surface area (Å²) >= 11 is 0. The number of hydrogen-bond acceptors (Lipinski definition) is 4. The van der Waals surface area contributed by atoms with Gasteiger partial charge in [0.25, 0.3) is 0 Å². The van der Waals surface area contributed by atoms with Gasteiger partial charge in [-0.25, -0.2) is 4.98 Å². The minimum Gasteiger partial charge on any atom is -0.493 e. The molecule has 2 aromatic carbocycles. The van der Waals surface area contributed by atoms with Crippen LogP contribution in [0.1, 0.15) is 19.8 Å². The highest BCUT2D eigenvalue weighted by Crippen LogP contribution is 2.30. The van der Waals surface area contributed by atoms with E-state index in [0.29, 0.717) is 5.88 Å². The molecule has 3 aromatic rings. The molecular formula is C21H22N2O2. The molecule has 1 aromatic heterocycles. The van der Waals surface area contributed by atoms with Crippen LogP contribution in [-0.2, 0) is 0 Å². The standard InChI is InChI=1S/C21H22N2O2/c1-2-22-17-6-11-20-16(13-17)5-12-21(23-20)25-19-9-7-18(8-10-19)24-14-15-3-4-15/h5-13,15,22H,2-4,14H2,1H3. The Bertz CT molecular complexity index is 857. The first-order valence-electron chi connectivity index (χ1n) is 8.85. The van der Waals surface area contributed by atoms with Gasteiger partial charge in [-0.1, -0.05) is 0 Å². The van der Waals surface area contributed by atoms with Crippen LogP contribution in [0.3, 0.4) is 0 Å². The Labute approximate surface area is 147 Å². The topological polar surface area (TPSA) is 43.4 Å². The number of rotatable bonds is 7. The molecular weight excluding hydrogens is 312 g/mol. The van der Waals surface area contributed by atoms with E-state index in [1.165, 1.54) is 12.8 Å². The third kappa shape index (κ3) is 4.02. The van der Waals surface area contributed by atoms with E-state index < -0.39 is 0 Å². The van der Waals surface area contributed by atoms with E-state index in [-0.39, 0.29) is 0 Å². The van der Waals surface area contributed by atoms with Crippen molar-refractivity contribution >= 4 is 16.6 Å². The van der Waals surface area contributed by atoms with Gasteiger partial charge in [0.15, 0.2) is 0 Å². The number of aromatic nitrogens is 1. The van der Waals surface area contributed by atoms with Gasteiger partial charge in [0, 0.05) is 23.7 Å². The lowest BCUT2D eigenvalue weighted by Crippen LogP contribution is -1.98. The maximum absolute atomic E-state index is 5.87. The van der Waals surface area contributed by atoms with Crippen molar-refractivity contribution in [1.29, 1.82) is 0 Å². The lowest BCUT2D eigenvalue weighted by atomic mass is 10.2. The van der Waals surface area contributed by atoms with Gasteiger partial charge in [-0.2, -0.15) is 0 Å². The molecule has 0 amide bonds. The van der Waals surface area contributed by atoms with Crippen molar-refractivity contribution in [3.63, 3.8) is 0 Å². The van der Waals surface area contributed by atoms with Gasteiger partial charge in [-0.05, 0) is 74.2 Å². The van der Waals surface area contributed by atoms with E-state index in [0.717, 1.165) is 47.2 Å². The summed E-state index contributed by atoms with van der Waals surface area (Å²) in [4.78, 5) is 4.58. The van der Waals surface area contributed by atoms with E-state index in [9.17, 15) is 0 Å². The third-order valence-electron chi connectivity index (χ3n) is 4.27. The molecule has 0 atom stereocenters. The lowest BCUT2D eigenvalue weighted by Gasteiger charge is -2.09. The van der Waals surface area contributed by atoms with E-state index in [4.69, 9.17) is 9.47 Å². The molecule has 4 nitrogen and oxygen atoms in total. The molecule has 1 aliphatic carbocycles. The Morgan fingerprint density at radius 2 is 1.80 bits per heavy atom. The highest BCUT2D eigenvalue weighted by Gasteiger charge is 2.21. The first kappa shape index (κ1) is 15.8. The Morgan fingerprint density at radius 1 is 1.00 bits per heavy atom. The van der Waals surface area contributed by atoms with Crippen molar-refractivity contribution in [2.75, 3.05) is 18.5 Å². The SMILES string of the molecule is CCNc1ccc2nc(Oc3ccc(OCC4CC4)cc3)ccc2c1. The minimum atomic E-state index is 0.593. The highest BCUT2D eigenvalue weighted by atomic mass is 16.5. The molecule has 25 heavy (non-hydrogen) atoms. The van der Waals surface area contributed by atoms with Crippen molar-refractivity contribution in [1.82, 2.24) is 4.98 Å². The van der Waals surface area contributed by atoms with Crippen LogP contribution < -0.4 is 14.8 Å². The second kappa shape index (κ2) is 7.01. The Kier molecular flexibility index (Phi) is 4.42. The normalized spacial score (nSPS) is 13.6. The van der Waals surface area contributed by atoms with Crippen molar-refractivity contribution in [2.45, 2.75) is 19.8 Å². The number of fused-ring (bicyclic) bond motifs is 1. The van der Waals surface area contributed by atoms with Crippen molar-refractivity contribution in [3.8, 4) is 17.4 Å². The summed E-state index contributed by atoms with van der Waals surface area (Å²) in [6.07, 6.45) is 2.59. The molecule has 128 valence electrons. The lowest BCUT2D eigenvalue weighted by molar-refractivity contribution is 0.299. The van der Waals surface area contributed by atoms with Crippen molar-refractivity contribution < 1.29 is 9.47 Å². The number of anilines is 1. The molecule has 0 saturated heterocycles. The van der Waals surface area contributed by atoms with Crippen LogP contribution in [0.5, 0.6) is 17.4 Å². The fraction of sp³-hybridized carbons (Fsp3) is 0.286. The van der Waals surface area contributed by atoms with Crippen LogP contribution in [0, 0.1) is 5.92 Å². The van der Waals surface area contributed by atoms with Gasteiger partial charge in [-0.15, -0.1) is 0 Å². The number of benzene rings is 2. The summed E-state index contributed by atoms with van der Waals surface area (Å²) in [6.45, 7) is 3.81. The van der Waals surface area contributed by atoms with E-state index in [2.05, 4.69) is 23.3 Å². The monoisotopic (exact) mass is 334 g/mol. The first-order chi connectivity index (χ1) is 12.3. The molecule has 0 bridgehead atoms. The quantitative estimate of drug-likeness (QED) is 0.641. The molecule has 4 rings (SSSR count). The fourth-order valence-corrected chi connectivity index (χ4v) is 2.70. The largest absolute Gasteiger partial charge is 0.493 e. The zero-order valence-electron chi connectivity index (χ0n) is 14.4. The van der Waals surface area contributed by atoms with Gasteiger partial charge in [0.1, 0.15) is 11.5 Å². The van der Waals surface area contributed by atoms with Gasteiger partial charge in [0.05, 0.1) is 12.1 Å². The smallest absolute Gasteiger partial charge is 0.219 e. The molecule has 0 spiro atoms. The first-order valence-corrected chi connectivity index (χ1v) is 8.85. The van der Waals surface area contributed by atoms with Gasteiger partial charge >= 0.3 is 0 Å². The Hall–Kier alpha value is -2.75. The van der Waals surface area contributed by atoms with Gasteiger partial charge in [-0.3, -0.25) is 0 Å². The van der Waals surface area contributed by atoms with Gasteiger partial charge in [0.2, 0.25) is 5.88 Å². The summed E-state index contributed by atoms with van der Waals surface area (Å²) in [5.41, 5.74) is 2.02. The Balaban J connectivity index is 1.45. The second-order valence-corrected chi connectivity index (χ2v) is 6.42. The van der Waals surface area contributed by atoms with Crippen LogP contribution in [0.15, 0.2) is 54.6 Å². The average molecular weight is 334 g/mol. The number of hydrogen-bond donors (Lipinski definition) is 1. The van der Waals surface area contributed by atoms with Crippen LogP contribution >= 0.6 is 0 Å². The summed E-state index contributed by atoms with van der Waals surface area (Å²) in [6, 6.07) is 17.8. The summed E-state index contributed by atoms with van der Waals surface area (Å²) < 4.78 is 11.6. The molecule has 0 unspecified atom stereocenters. The molecule has 0 aliphatic heterocycles. The molecule has 1 N–H and O–H groups in total. The zero-order valence-corrected chi connectivity index (χ0v) is 14.4. The van der Waals surface area contributed by atoms with Gasteiger partial charge < -0.3 is 14.8 Å². The zero-order chi connectivity index (χ0) is 17.1. The van der Waals surface area contributed by atoms with Crippen LogP contribution in [0.2, 0.25) is 0 Å². The molecule has 1 saturated carbocycles. The maximum atomic E-state index is 5.87. The predicted molar refractivity (Wildman–Crippen MR) is 101 cm³/mol. The molecule has 1 heterocycles. The number of nitrogens with zero attached hydrogens (tertiary/aromatic N) is 1. The average Bonchev–Trinajstić information content (AvgIpc) is 3.46. The molecule has 4 heteroatoms. The summed E-state index contributed by atoms with van der Waals surface area (Å²) in [7, 11) is 0. The van der Waals surface area contributed by atoms with Crippen LogP contribution in [-0.4, -0.2) is 18.1 Å². The minimum absolute atomic E-state index is 0.593. The molecule has 1 fully saturated rings. The van der Waals surface area contributed by atoms with Crippen molar-refractivity contribution in [3.05, 3.63) is 54.6 Å². The predicted octanol–water partition coefficient (Wildman–Crippen LogP) is 5.25. The Morgan fingerprint density at radius 3 is 2.56 bits per heavy atom. The number of nitrogens with one attached hydrogen (secondary N) is 1. The van der Waals surface area contributed by atoms with E-state index in [1.807, 2.05) is 48.5 Å². The maximum Gasteiger partial charge on any atom is 0.219 e. The van der Waals surface area contributed by atoms with E-state index >= 15 is 0 Å². The van der Waals surface area contributed by atoms with E-state index in [1.54, 1.807) is 0 Å². The molecule has 1 aliphatic rings. The number of ether oxygens (including phenoxy) is 2. The fourth-order valence-electron chi connectivity index (χ4n) is 2.70. The molecule has 0 radical (unpaired) electrons. The van der Waals surface area contributed by atoms with Crippen molar-refractivity contribution in [2.24, 2.45) is 5.92 Å². The second-order valence-electron chi connectivity index (χ2n) is 6.42. The summed E-state index contributed by atoms with van der Waals surface area (Å²) in [5.74, 6) is 3.00. The van der Waals surface area contributed by atoms with Crippen LogP contribution in [0.4, 0.5) is 5.69 Å². The summed E-state index contributed by atoms with van der Waals surface area (Å²) in [5, 5.41) is 4.40. The number of pyridine rings is 1. The highest BCUT2D eigenvalue weighted by molar-refractivity contribution is 5.82. The van der Waals surface area contributed by atoms with Crippen LogP contribution in [0.25, 0.3) is 10.9 Å². The third-order valence-corrected chi connectivity index (χ3v) is 4.27.